The molecule has 1 N–H and O–H groups in total. The molecule has 0 saturated carbocycles. The lowest BCUT2D eigenvalue weighted by molar-refractivity contribution is 0.0637. The Hall–Kier alpha value is -1.53. The average molecular weight is 359 g/mol. The first-order valence-corrected chi connectivity index (χ1v) is 7.03. The highest BCUT2D eigenvalue weighted by Gasteiger charge is 2.30. The number of benzene rings is 2. The summed E-state index contributed by atoms with van der Waals surface area (Å²) in [5, 5.41) is 10.1. The number of hydrogen-bond donors (Lipinski definition) is 1. The third kappa shape index (κ3) is 2.65. The second kappa shape index (κ2) is 5.35. The van der Waals surface area contributed by atoms with E-state index >= 15 is 0 Å². The molecule has 21 heavy (non-hydrogen) atoms. The van der Waals surface area contributed by atoms with Gasteiger partial charge in [0.2, 0.25) is 0 Å². The van der Waals surface area contributed by atoms with Gasteiger partial charge in [-0.15, -0.1) is 0 Å². The normalized spacial score (nSPS) is 20.8. The lowest BCUT2D eigenvalue weighted by Gasteiger charge is -2.30. The van der Waals surface area contributed by atoms with Crippen LogP contribution in [0, 0.1) is 17.5 Å². The van der Waals surface area contributed by atoms with Gasteiger partial charge in [-0.3, -0.25) is 0 Å². The second-order valence-corrected chi connectivity index (χ2v) is 5.74. The number of rotatable bonds is 1. The third-order valence-electron chi connectivity index (χ3n) is 3.43. The summed E-state index contributed by atoms with van der Waals surface area (Å²) >= 11 is 3.28. The molecule has 0 aromatic heterocycles. The van der Waals surface area contributed by atoms with Crippen molar-refractivity contribution in [3.8, 4) is 5.75 Å². The minimum atomic E-state index is -1.25. The van der Waals surface area contributed by atoms with Gasteiger partial charge in [-0.05, 0) is 18.2 Å². The van der Waals surface area contributed by atoms with Gasteiger partial charge < -0.3 is 9.84 Å². The average Bonchev–Trinajstić information content (AvgIpc) is 2.42. The van der Waals surface area contributed by atoms with Crippen molar-refractivity contribution in [1.82, 2.24) is 0 Å². The van der Waals surface area contributed by atoms with Crippen molar-refractivity contribution >= 4 is 15.9 Å². The van der Waals surface area contributed by atoms with Crippen LogP contribution < -0.4 is 4.74 Å². The minimum absolute atomic E-state index is 0.0661. The highest BCUT2D eigenvalue weighted by molar-refractivity contribution is 9.10. The lowest BCUT2D eigenvalue weighted by atomic mass is 9.94. The largest absolute Gasteiger partial charge is 0.485 e. The van der Waals surface area contributed by atoms with Gasteiger partial charge in [0.25, 0.3) is 0 Å². The molecule has 0 saturated heterocycles. The van der Waals surface area contributed by atoms with E-state index in [2.05, 4.69) is 15.9 Å². The first kappa shape index (κ1) is 14.4. The van der Waals surface area contributed by atoms with Gasteiger partial charge in [0.1, 0.15) is 17.7 Å². The van der Waals surface area contributed by atoms with Crippen LogP contribution in [0.25, 0.3) is 0 Å². The molecular weight excluding hydrogens is 349 g/mol. The number of halogens is 4. The molecule has 2 aromatic rings. The molecule has 110 valence electrons. The quantitative estimate of drug-likeness (QED) is 0.764. The zero-order chi connectivity index (χ0) is 15.1. The van der Waals surface area contributed by atoms with Crippen LogP contribution in [0.2, 0.25) is 0 Å². The summed E-state index contributed by atoms with van der Waals surface area (Å²) in [6.45, 7) is 0. The van der Waals surface area contributed by atoms with Gasteiger partial charge in [-0.25, -0.2) is 13.2 Å². The van der Waals surface area contributed by atoms with E-state index < -0.39 is 29.7 Å². The Balaban J connectivity index is 2.01. The van der Waals surface area contributed by atoms with E-state index in [1.54, 1.807) is 18.2 Å². The number of aliphatic hydroxyl groups is 1. The van der Waals surface area contributed by atoms with E-state index in [1.165, 1.54) is 0 Å². The van der Waals surface area contributed by atoms with E-state index in [-0.39, 0.29) is 12.0 Å². The smallest absolute Gasteiger partial charge is 0.161 e. The number of aliphatic hydroxyl groups excluding tert-OH is 1. The molecule has 2 aromatic carbocycles. The number of hydrogen-bond acceptors (Lipinski definition) is 2. The Morgan fingerprint density at radius 2 is 1.71 bits per heavy atom. The van der Waals surface area contributed by atoms with Gasteiger partial charge >= 0.3 is 0 Å². The van der Waals surface area contributed by atoms with Gasteiger partial charge in [0, 0.05) is 28.1 Å². The van der Waals surface area contributed by atoms with Crippen LogP contribution in [0.4, 0.5) is 13.2 Å². The Morgan fingerprint density at radius 1 is 1.00 bits per heavy atom. The topological polar surface area (TPSA) is 29.5 Å². The van der Waals surface area contributed by atoms with Crippen molar-refractivity contribution in [3.63, 3.8) is 0 Å². The summed E-state index contributed by atoms with van der Waals surface area (Å²) in [4.78, 5) is 0. The molecular formula is C15H10BrF3O2. The van der Waals surface area contributed by atoms with Crippen molar-refractivity contribution in [3.05, 3.63) is 63.4 Å². The molecule has 1 aliphatic heterocycles. The minimum Gasteiger partial charge on any atom is -0.485 e. The Bertz CT molecular complexity index is 706. The zero-order valence-electron chi connectivity index (χ0n) is 10.6. The Labute approximate surface area is 127 Å². The molecule has 0 bridgehead atoms. The van der Waals surface area contributed by atoms with Crippen molar-refractivity contribution < 1.29 is 23.0 Å². The van der Waals surface area contributed by atoms with Crippen LogP contribution in [0.5, 0.6) is 5.75 Å². The lowest BCUT2D eigenvalue weighted by Crippen LogP contribution is -2.20. The SMILES string of the molecule is O[C@@H]1CC(c2cc(F)c(F)cc2F)Oc2cc(Br)ccc21. The van der Waals surface area contributed by atoms with Gasteiger partial charge in [0.15, 0.2) is 11.6 Å². The molecule has 2 nitrogen and oxygen atoms in total. The fraction of sp³-hybridized carbons (Fsp3) is 0.200. The first-order chi connectivity index (χ1) is 9.95. The van der Waals surface area contributed by atoms with Gasteiger partial charge in [0.05, 0.1) is 6.10 Å². The van der Waals surface area contributed by atoms with Crippen LogP contribution in [-0.2, 0) is 0 Å². The highest BCUT2D eigenvalue weighted by atomic mass is 79.9. The van der Waals surface area contributed by atoms with Crippen LogP contribution in [0.3, 0.4) is 0 Å². The fourth-order valence-corrected chi connectivity index (χ4v) is 2.73. The summed E-state index contributed by atoms with van der Waals surface area (Å²) in [6, 6.07) is 6.34. The predicted octanol–water partition coefficient (Wildman–Crippen LogP) is 4.42. The van der Waals surface area contributed by atoms with Crippen LogP contribution in [-0.4, -0.2) is 5.11 Å². The molecule has 0 fully saturated rings. The van der Waals surface area contributed by atoms with Crippen molar-refractivity contribution in [2.45, 2.75) is 18.6 Å². The summed E-state index contributed by atoms with van der Waals surface area (Å²) in [7, 11) is 0. The van der Waals surface area contributed by atoms with Crippen LogP contribution in [0.1, 0.15) is 29.8 Å². The molecule has 0 spiro atoms. The zero-order valence-corrected chi connectivity index (χ0v) is 12.2. The van der Waals surface area contributed by atoms with Gasteiger partial charge in [-0.2, -0.15) is 0 Å². The standard InChI is InChI=1S/C15H10BrF3O2/c16-7-1-2-8-13(20)6-15(21-14(8)3-7)9-4-11(18)12(19)5-10(9)17/h1-5,13,15,20H,6H2/t13-,15?/m1/s1. The maximum Gasteiger partial charge on any atom is 0.161 e. The highest BCUT2D eigenvalue weighted by Crippen LogP contribution is 2.42. The van der Waals surface area contributed by atoms with E-state index in [4.69, 9.17) is 4.74 Å². The third-order valence-corrected chi connectivity index (χ3v) is 3.92. The maximum absolute atomic E-state index is 13.8. The van der Waals surface area contributed by atoms with E-state index in [9.17, 15) is 18.3 Å². The fourth-order valence-electron chi connectivity index (χ4n) is 2.39. The second-order valence-electron chi connectivity index (χ2n) is 4.83. The van der Waals surface area contributed by atoms with Crippen LogP contribution >= 0.6 is 15.9 Å². The number of fused-ring (bicyclic) bond motifs is 1. The molecule has 0 radical (unpaired) electrons. The Morgan fingerprint density at radius 3 is 2.48 bits per heavy atom. The first-order valence-electron chi connectivity index (χ1n) is 6.24. The molecule has 1 aliphatic rings. The summed E-state index contributed by atoms with van der Waals surface area (Å²) < 4.78 is 46.5. The molecule has 0 amide bonds. The summed E-state index contributed by atoms with van der Waals surface area (Å²) in [6.07, 6.45) is -1.67. The summed E-state index contributed by atoms with van der Waals surface area (Å²) in [5.41, 5.74) is 0.469. The monoisotopic (exact) mass is 358 g/mol. The molecule has 2 atom stereocenters. The summed E-state index contributed by atoms with van der Waals surface area (Å²) in [5.74, 6) is -2.91. The molecule has 0 aliphatic carbocycles. The number of ether oxygens (including phenoxy) is 1. The van der Waals surface area contributed by atoms with Crippen molar-refractivity contribution in [2.24, 2.45) is 0 Å². The molecule has 6 heteroatoms. The Kier molecular flexibility index (Phi) is 3.67. The molecule has 1 heterocycles. The van der Waals surface area contributed by atoms with E-state index in [0.717, 1.165) is 10.5 Å². The molecule has 1 unspecified atom stereocenters. The van der Waals surface area contributed by atoms with Crippen molar-refractivity contribution in [2.75, 3.05) is 0 Å². The van der Waals surface area contributed by atoms with Gasteiger partial charge in [-0.1, -0.05) is 22.0 Å². The molecule has 3 rings (SSSR count). The van der Waals surface area contributed by atoms with E-state index in [0.29, 0.717) is 17.4 Å². The maximum atomic E-state index is 13.8. The van der Waals surface area contributed by atoms with Crippen molar-refractivity contribution in [1.29, 1.82) is 0 Å². The predicted molar refractivity (Wildman–Crippen MR) is 73.4 cm³/mol. The van der Waals surface area contributed by atoms with Crippen LogP contribution in [0.15, 0.2) is 34.8 Å². The van der Waals surface area contributed by atoms with E-state index in [1.807, 2.05) is 0 Å².